The minimum Gasteiger partial charge on any atom is -0.399 e. The van der Waals surface area contributed by atoms with E-state index in [1.807, 2.05) is 42.5 Å². The van der Waals surface area contributed by atoms with Gasteiger partial charge in [0.1, 0.15) is 0 Å². The van der Waals surface area contributed by atoms with Crippen molar-refractivity contribution >= 4 is 44.6 Å². The van der Waals surface area contributed by atoms with E-state index in [0.717, 1.165) is 21.5 Å². The SMILES string of the molecule is Nc1cccc(Nc2ccc(Cl)cc2Br)c1. The van der Waals surface area contributed by atoms with Gasteiger partial charge in [-0.15, -0.1) is 0 Å². The van der Waals surface area contributed by atoms with Gasteiger partial charge in [0.25, 0.3) is 0 Å². The van der Waals surface area contributed by atoms with Crippen LogP contribution in [-0.2, 0) is 0 Å². The first-order valence-corrected chi connectivity index (χ1v) is 5.90. The van der Waals surface area contributed by atoms with Gasteiger partial charge in [0, 0.05) is 20.9 Å². The van der Waals surface area contributed by atoms with Crippen LogP contribution in [0.3, 0.4) is 0 Å². The monoisotopic (exact) mass is 296 g/mol. The number of anilines is 3. The van der Waals surface area contributed by atoms with Crippen LogP contribution >= 0.6 is 27.5 Å². The van der Waals surface area contributed by atoms with Crippen LogP contribution in [0.15, 0.2) is 46.9 Å². The zero-order valence-electron chi connectivity index (χ0n) is 8.37. The predicted octanol–water partition coefficient (Wildman–Crippen LogP) is 4.43. The van der Waals surface area contributed by atoms with Gasteiger partial charge in [0.15, 0.2) is 0 Å². The molecule has 0 aliphatic heterocycles. The molecule has 0 bridgehead atoms. The van der Waals surface area contributed by atoms with Crippen LogP contribution < -0.4 is 11.1 Å². The molecule has 3 N–H and O–H groups in total. The summed E-state index contributed by atoms with van der Waals surface area (Å²) in [6, 6.07) is 13.2. The molecule has 0 saturated heterocycles. The molecule has 82 valence electrons. The van der Waals surface area contributed by atoms with Crippen molar-refractivity contribution in [1.82, 2.24) is 0 Å². The average Bonchev–Trinajstić information content (AvgIpc) is 2.22. The summed E-state index contributed by atoms with van der Waals surface area (Å²) in [5.74, 6) is 0. The first kappa shape index (κ1) is 11.3. The number of nitrogens with one attached hydrogen (secondary N) is 1. The highest BCUT2D eigenvalue weighted by atomic mass is 79.9. The molecule has 0 aliphatic carbocycles. The van der Waals surface area contributed by atoms with Crippen molar-refractivity contribution in [3.63, 3.8) is 0 Å². The largest absolute Gasteiger partial charge is 0.399 e. The standard InChI is InChI=1S/C12H10BrClN2/c13-11-6-8(14)4-5-12(11)16-10-3-1-2-9(15)7-10/h1-7,16H,15H2. The minimum atomic E-state index is 0.699. The van der Waals surface area contributed by atoms with E-state index in [2.05, 4.69) is 21.2 Å². The Bertz CT molecular complexity index is 514. The van der Waals surface area contributed by atoms with Crippen molar-refractivity contribution in [3.05, 3.63) is 52.0 Å². The van der Waals surface area contributed by atoms with E-state index in [1.165, 1.54) is 0 Å². The first-order chi connectivity index (χ1) is 7.65. The lowest BCUT2D eigenvalue weighted by Crippen LogP contribution is -1.92. The summed E-state index contributed by atoms with van der Waals surface area (Å²) in [6.07, 6.45) is 0. The Labute approximate surface area is 108 Å². The molecule has 0 spiro atoms. The third-order valence-corrected chi connectivity index (χ3v) is 2.99. The number of halogens is 2. The lowest BCUT2D eigenvalue weighted by atomic mass is 10.2. The predicted molar refractivity (Wildman–Crippen MR) is 73.3 cm³/mol. The van der Waals surface area contributed by atoms with E-state index >= 15 is 0 Å². The van der Waals surface area contributed by atoms with Crippen LogP contribution in [0.25, 0.3) is 0 Å². The number of hydrogen-bond acceptors (Lipinski definition) is 2. The van der Waals surface area contributed by atoms with Gasteiger partial charge in [0.2, 0.25) is 0 Å². The van der Waals surface area contributed by atoms with Crippen molar-refractivity contribution in [2.75, 3.05) is 11.1 Å². The molecule has 2 aromatic carbocycles. The van der Waals surface area contributed by atoms with Crippen molar-refractivity contribution in [3.8, 4) is 0 Å². The Morgan fingerprint density at radius 2 is 1.94 bits per heavy atom. The van der Waals surface area contributed by atoms with Crippen molar-refractivity contribution < 1.29 is 0 Å². The van der Waals surface area contributed by atoms with Gasteiger partial charge in [-0.1, -0.05) is 17.7 Å². The maximum absolute atomic E-state index is 5.87. The molecule has 0 amide bonds. The average molecular weight is 298 g/mol. The normalized spacial score (nSPS) is 10.1. The number of benzene rings is 2. The molecule has 16 heavy (non-hydrogen) atoms. The summed E-state index contributed by atoms with van der Waals surface area (Å²) in [5, 5.41) is 3.95. The summed E-state index contributed by atoms with van der Waals surface area (Å²) in [5.41, 5.74) is 8.33. The summed E-state index contributed by atoms with van der Waals surface area (Å²) >= 11 is 9.31. The Morgan fingerprint density at radius 3 is 2.62 bits per heavy atom. The van der Waals surface area contributed by atoms with Crippen LogP contribution in [0, 0.1) is 0 Å². The minimum absolute atomic E-state index is 0.699. The zero-order chi connectivity index (χ0) is 11.5. The van der Waals surface area contributed by atoms with Gasteiger partial charge in [-0.3, -0.25) is 0 Å². The summed E-state index contributed by atoms with van der Waals surface area (Å²) in [4.78, 5) is 0. The fraction of sp³-hybridized carbons (Fsp3) is 0. The maximum atomic E-state index is 5.87. The Morgan fingerprint density at radius 1 is 1.12 bits per heavy atom. The van der Waals surface area contributed by atoms with E-state index < -0.39 is 0 Å². The molecule has 0 aliphatic rings. The quantitative estimate of drug-likeness (QED) is 0.805. The van der Waals surface area contributed by atoms with Gasteiger partial charge in [0.05, 0.1) is 5.69 Å². The molecular weight excluding hydrogens is 288 g/mol. The van der Waals surface area contributed by atoms with Crippen LogP contribution in [0.1, 0.15) is 0 Å². The van der Waals surface area contributed by atoms with E-state index in [0.29, 0.717) is 5.02 Å². The number of rotatable bonds is 2. The number of nitrogens with two attached hydrogens (primary N) is 1. The van der Waals surface area contributed by atoms with Gasteiger partial charge in [-0.05, 0) is 52.3 Å². The van der Waals surface area contributed by atoms with E-state index in [9.17, 15) is 0 Å². The Kier molecular flexibility index (Phi) is 3.36. The molecule has 4 heteroatoms. The third-order valence-electron chi connectivity index (χ3n) is 2.10. The third kappa shape index (κ3) is 2.68. The van der Waals surface area contributed by atoms with Crippen LogP contribution in [0.2, 0.25) is 5.02 Å². The van der Waals surface area contributed by atoms with Gasteiger partial charge in [-0.25, -0.2) is 0 Å². The lowest BCUT2D eigenvalue weighted by molar-refractivity contribution is 1.52. The van der Waals surface area contributed by atoms with E-state index in [4.69, 9.17) is 17.3 Å². The molecule has 0 heterocycles. The van der Waals surface area contributed by atoms with Crippen molar-refractivity contribution in [1.29, 1.82) is 0 Å². The second kappa shape index (κ2) is 4.76. The highest BCUT2D eigenvalue weighted by Crippen LogP contribution is 2.28. The van der Waals surface area contributed by atoms with Crippen LogP contribution in [-0.4, -0.2) is 0 Å². The highest BCUT2D eigenvalue weighted by molar-refractivity contribution is 9.10. The molecule has 0 aromatic heterocycles. The lowest BCUT2D eigenvalue weighted by Gasteiger charge is -2.09. The van der Waals surface area contributed by atoms with Gasteiger partial charge < -0.3 is 11.1 Å². The van der Waals surface area contributed by atoms with Gasteiger partial charge in [-0.2, -0.15) is 0 Å². The summed E-state index contributed by atoms with van der Waals surface area (Å²) < 4.78 is 0.919. The smallest absolute Gasteiger partial charge is 0.0529 e. The molecule has 2 nitrogen and oxygen atoms in total. The molecule has 0 atom stereocenters. The maximum Gasteiger partial charge on any atom is 0.0529 e. The highest BCUT2D eigenvalue weighted by Gasteiger charge is 2.01. The molecular formula is C12H10BrClN2. The second-order valence-electron chi connectivity index (χ2n) is 3.37. The molecule has 0 unspecified atom stereocenters. The molecule has 0 fully saturated rings. The molecule has 2 rings (SSSR count). The summed E-state index contributed by atoms with van der Waals surface area (Å²) in [7, 11) is 0. The zero-order valence-corrected chi connectivity index (χ0v) is 10.7. The fourth-order valence-corrected chi connectivity index (χ4v) is 2.14. The molecule has 0 radical (unpaired) electrons. The first-order valence-electron chi connectivity index (χ1n) is 4.73. The van der Waals surface area contributed by atoms with E-state index in [-0.39, 0.29) is 0 Å². The molecule has 0 saturated carbocycles. The Balaban J connectivity index is 2.27. The van der Waals surface area contributed by atoms with Crippen LogP contribution in [0.4, 0.5) is 17.1 Å². The van der Waals surface area contributed by atoms with Crippen molar-refractivity contribution in [2.24, 2.45) is 0 Å². The number of hydrogen-bond donors (Lipinski definition) is 2. The Hall–Kier alpha value is -1.19. The van der Waals surface area contributed by atoms with Crippen molar-refractivity contribution in [2.45, 2.75) is 0 Å². The number of nitrogen functional groups attached to an aromatic ring is 1. The van der Waals surface area contributed by atoms with E-state index in [1.54, 1.807) is 0 Å². The molecule has 2 aromatic rings. The van der Waals surface area contributed by atoms with Crippen LogP contribution in [0.5, 0.6) is 0 Å². The fourth-order valence-electron chi connectivity index (χ4n) is 1.36. The summed E-state index contributed by atoms with van der Waals surface area (Å²) in [6.45, 7) is 0. The topological polar surface area (TPSA) is 38.0 Å². The van der Waals surface area contributed by atoms with Gasteiger partial charge >= 0.3 is 0 Å². The second-order valence-corrected chi connectivity index (χ2v) is 4.67.